The topological polar surface area (TPSA) is 98.8 Å². The lowest BCUT2D eigenvalue weighted by atomic mass is 10.1. The predicted molar refractivity (Wildman–Crippen MR) is 95.6 cm³/mol. The highest BCUT2D eigenvalue weighted by molar-refractivity contribution is 5.96. The normalized spacial score (nSPS) is 10.9. The lowest BCUT2D eigenvalue weighted by molar-refractivity contribution is 0.379. The minimum atomic E-state index is -0.396. The van der Waals surface area contributed by atoms with Crippen LogP contribution < -0.4 is 10.1 Å². The monoisotopic (exact) mass is 366 g/mol. The number of anilines is 1. The van der Waals surface area contributed by atoms with E-state index in [2.05, 4.69) is 30.4 Å². The molecule has 0 saturated heterocycles. The van der Waals surface area contributed by atoms with Crippen molar-refractivity contribution in [1.82, 2.24) is 25.1 Å². The first-order valence-corrected chi connectivity index (χ1v) is 8.12. The molecule has 136 valence electrons. The number of hydrogen-bond acceptors (Lipinski definition) is 8. The van der Waals surface area contributed by atoms with E-state index < -0.39 is 5.82 Å². The summed E-state index contributed by atoms with van der Waals surface area (Å²) in [5.74, 6) is 1.76. The fraction of sp³-hybridized carbons (Fsp3) is 0.167. The number of nitrogens with zero attached hydrogens (tertiary/aromatic N) is 5. The van der Waals surface area contributed by atoms with E-state index in [0.29, 0.717) is 41.0 Å². The van der Waals surface area contributed by atoms with Crippen molar-refractivity contribution >= 4 is 16.7 Å². The smallest absolute Gasteiger partial charge is 0.245 e. The summed E-state index contributed by atoms with van der Waals surface area (Å²) in [7, 11) is 1.56. The van der Waals surface area contributed by atoms with Crippen molar-refractivity contribution in [3.63, 3.8) is 0 Å². The summed E-state index contributed by atoms with van der Waals surface area (Å²) in [6, 6.07) is 6.64. The van der Waals surface area contributed by atoms with Crippen LogP contribution in [0.25, 0.3) is 22.2 Å². The van der Waals surface area contributed by atoms with E-state index in [0.717, 1.165) is 10.9 Å². The zero-order chi connectivity index (χ0) is 18.8. The number of hydrogen-bond donors (Lipinski definition) is 1. The zero-order valence-electron chi connectivity index (χ0n) is 14.6. The van der Waals surface area contributed by atoms with Crippen LogP contribution in [0.1, 0.15) is 11.7 Å². The lowest BCUT2D eigenvalue weighted by Gasteiger charge is -2.11. The first-order valence-electron chi connectivity index (χ1n) is 8.12. The van der Waals surface area contributed by atoms with E-state index in [9.17, 15) is 4.39 Å². The summed E-state index contributed by atoms with van der Waals surface area (Å²) < 4.78 is 23.8. The number of methoxy groups -OCH3 is 1. The van der Waals surface area contributed by atoms with Crippen LogP contribution in [0.15, 0.2) is 41.3 Å². The molecular formula is C18H15FN6O2. The first kappa shape index (κ1) is 16.8. The SMILES string of the molecule is COc1cc(-c2ccc(F)cn2)cc2c(NCc3nc(C)no3)ncnc12. The van der Waals surface area contributed by atoms with Crippen molar-refractivity contribution in [3.05, 3.63) is 54.3 Å². The molecular weight excluding hydrogens is 351 g/mol. The molecule has 1 N–H and O–H groups in total. The van der Waals surface area contributed by atoms with E-state index >= 15 is 0 Å². The largest absolute Gasteiger partial charge is 0.494 e. The Kier molecular flexibility index (Phi) is 4.33. The van der Waals surface area contributed by atoms with Gasteiger partial charge < -0.3 is 14.6 Å². The Hall–Kier alpha value is -3.62. The van der Waals surface area contributed by atoms with Crippen LogP contribution in [0.3, 0.4) is 0 Å². The number of benzene rings is 1. The molecule has 1 aromatic carbocycles. The Balaban J connectivity index is 1.77. The first-order chi connectivity index (χ1) is 13.1. The van der Waals surface area contributed by atoms with Crippen LogP contribution in [0.5, 0.6) is 5.75 Å². The summed E-state index contributed by atoms with van der Waals surface area (Å²) in [4.78, 5) is 16.9. The molecule has 3 aromatic heterocycles. The van der Waals surface area contributed by atoms with Crippen LogP contribution in [0.2, 0.25) is 0 Å². The Morgan fingerprint density at radius 2 is 2.07 bits per heavy atom. The van der Waals surface area contributed by atoms with Crippen LogP contribution in [-0.2, 0) is 6.54 Å². The van der Waals surface area contributed by atoms with Gasteiger partial charge in [-0.1, -0.05) is 5.16 Å². The number of fused-ring (bicyclic) bond motifs is 1. The Labute approximate surface area is 153 Å². The van der Waals surface area contributed by atoms with Crippen molar-refractivity contribution in [2.24, 2.45) is 0 Å². The fourth-order valence-electron chi connectivity index (χ4n) is 2.70. The van der Waals surface area contributed by atoms with Gasteiger partial charge in [0.25, 0.3) is 0 Å². The minimum Gasteiger partial charge on any atom is -0.494 e. The highest BCUT2D eigenvalue weighted by atomic mass is 19.1. The van der Waals surface area contributed by atoms with Gasteiger partial charge in [-0.25, -0.2) is 14.4 Å². The summed E-state index contributed by atoms with van der Waals surface area (Å²) in [6.07, 6.45) is 2.62. The van der Waals surface area contributed by atoms with Crippen molar-refractivity contribution in [2.75, 3.05) is 12.4 Å². The maximum atomic E-state index is 13.2. The number of ether oxygens (including phenoxy) is 1. The molecule has 9 heteroatoms. The lowest BCUT2D eigenvalue weighted by Crippen LogP contribution is -2.03. The Morgan fingerprint density at radius 1 is 1.19 bits per heavy atom. The number of pyridine rings is 1. The predicted octanol–water partition coefficient (Wildman–Crippen LogP) is 3.14. The maximum absolute atomic E-state index is 13.2. The van der Waals surface area contributed by atoms with Gasteiger partial charge in [0.15, 0.2) is 5.82 Å². The average Bonchev–Trinajstić information content (AvgIpc) is 3.11. The van der Waals surface area contributed by atoms with E-state index in [1.807, 2.05) is 6.07 Å². The van der Waals surface area contributed by atoms with Crippen LogP contribution in [0, 0.1) is 12.7 Å². The second-order valence-electron chi connectivity index (χ2n) is 5.75. The van der Waals surface area contributed by atoms with Gasteiger partial charge in [-0.3, -0.25) is 4.98 Å². The summed E-state index contributed by atoms with van der Waals surface area (Å²) in [5, 5.41) is 7.67. The molecule has 4 aromatic rings. The molecule has 0 bridgehead atoms. The van der Waals surface area contributed by atoms with E-state index in [1.165, 1.54) is 18.6 Å². The van der Waals surface area contributed by atoms with E-state index in [1.54, 1.807) is 26.2 Å². The number of rotatable bonds is 5. The van der Waals surface area contributed by atoms with Gasteiger partial charge >= 0.3 is 0 Å². The van der Waals surface area contributed by atoms with Crippen molar-refractivity contribution in [3.8, 4) is 17.0 Å². The van der Waals surface area contributed by atoms with Gasteiger partial charge in [0, 0.05) is 10.9 Å². The van der Waals surface area contributed by atoms with Gasteiger partial charge in [-0.2, -0.15) is 4.98 Å². The Bertz CT molecular complexity index is 1100. The third-order valence-electron chi connectivity index (χ3n) is 3.92. The van der Waals surface area contributed by atoms with Gasteiger partial charge in [-0.05, 0) is 31.2 Å². The number of halogens is 1. The molecule has 27 heavy (non-hydrogen) atoms. The molecule has 3 heterocycles. The summed E-state index contributed by atoms with van der Waals surface area (Å²) in [5.41, 5.74) is 2.01. The van der Waals surface area contributed by atoms with Crippen molar-refractivity contribution in [1.29, 1.82) is 0 Å². The molecule has 0 radical (unpaired) electrons. The molecule has 0 unspecified atom stereocenters. The quantitative estimate of drug-likeness (QED) is 0.575. The number of nitrogens with one attached hydrogen (secondary N) is 1. The highest BCUT2D eigenvalue weighted by Gasteiger charge is 2.13. The molecule has 0 spiro atoms. The molecule has 0 aliphatic rings. The summed E-state index contributed by atoms with van der Waals surface area (Å²) in [6.45, 7) is 2.06. The molecule has 8 nitrogen and oxygen atoms in total. The van der Waals surface area contributed by atoms with Crippen LogP contribution in [-0.4, -0.2) is 32.2 Å². The second-order valence-corrected chi connectivity index (χ2v) is 5.75. The van der Waals surface area contributed by atoms with Gasteiger partial charge in [0.2, 0.25) is 5.89 Å². The molecule has 0 amide bonds. The fourth-order valence-corrected chi connectivity index (χ4v) is 2.70. The highest BCUT2D eigenvalue weighted by Crippen LogP contribution is 2.33. The van der Waals surface area contributed by atoms with Gasteiger partial charge in [-0.15, -0.1) is 0 Å². The van der Waals surface area contributed by atoms with Crippen LogP contribution in [0.4, 0.5) is 10.2 Å². The molecule has 4 rings (SSSR count). The molecule has 0 atom stereocenters. The standard InChI is InChI=1S/C18H15FN6O2/c1-10-24-16(27-25-10)8-21-18-13-5-11(14-4-3-12(19)7-20-14)6-15(26-2)17(13)22-9-23-18/h3-7,9H,8H2,1-2H3,(H,21,22,23). The third kappa shape index (κ3) is 3.39. The third-order valence-corrected chi connectivity index (χ3v) is 3.92. The molecule has 0 aliphatic heterocycles. The van der Waals surface area contributed by atoms with Crippen LogP contribution >= 0.6 is 0 Å². The van der Waals surface area contributed by atoms with Crippen molar-refractivity contribution < 1.29 is 13.7 Å². The minimum absolute atomic E-state index is 0.314. The van der Waals surface area contributed by atoms with E-state index in [-0.39, 0.29) is 0 Å². The van der Waals surface area contributed by atoms with Gasteiger partial charge in [0.1, 0.15) is 29.2 Å². The second kappa shape index (κ2) is 6.94. The molecule has 0 saturated carbocycles. The van der Waals surface area contributed by atoms with Gasteiger partial charge in [0.05, 0.1) is 25.5 Å². The maximum Gasteiger partial charge on any atom is 0.245 e. The van der Waals surface area contributed by atoms with E-state index in [4.69, 9.17) is 9.26 Å². The molecule has 0 fully saturated rings. The van der Waals surface area contributed by atoms with Crippen molar-refractivity contribution in [2.45, 2.75) is 13.5 Å². The number of aromatic nitrogens is 5. The average molecular weight is 366 g/mol. The number of aryl methyl sites for hydroxylation is 1. The zero-order valence-corrected chi connectivity index (χ0v) is 14.6. The molecule has 0 aliphatic carbocycles. The summed E-state index contributed by atoms with van der Waals surface area (Å²) >= 11 is 0. The Morgan fingerprint density at radius 3 is 2.78 bits per heavy atom.